The van der Waals surface area contributed by atoms with E-state index in [0.29, 0.717) is 47.2 Å². The summed E-state index contributed by atoms with van der Waals surface area (Å²) in [6.07, 6.45) is 2.11. The SMILES string of the molecule is CCc1cccc(CC)c1-n1c(CC(C)C)c(C(=O)N2CCNC(c3ccccc3)C2)cc(-c2nc(-c3ccc(Cl)cc3)cs2)c1=O. The van der Waals surface area contributed by atoms with Crippen molar-refractivity contribution in [1.29, 1.82) is 0 Å². The lowest BCUT2D eigenvalue weighted by molar-refractivity contribution is 0.0700. The molecule has 6 rings (SSSR count). The normalized spacial score (nSPS) is 14.9. The molecule has 3 heterocycles. The number of para-hydroxylation sites is 1. The fourth-order valence-electron chi connectivity index (χ4n) is 6.48. The summed E-state index contributed by atoms with van der Waals surface area (Å²) in [7, 11) is 0. The number of carbonyl (C=O) groups is 1. The maximum absolute atomic E-state index is 14.9. The number of piperazine rings is 1. The van der Waals surface area contributed by atoms with Crippen LogP contribution in [-0.2, 0) is 19.3 Å². The van der Waals surface area contributed by atoms with Crippen LogP contribution in [0.25, 0.3) is 27.5 Å². The standard InChI is InChI=1S/C39H41ClN4O2S/c1-5-26-13-10-14-27(6-2)36(26)44-35(21-25(3)4)31(38(45)43-20-19-41-33(23-43)28-11-8-7-9-12-28)22-32(39(44)46)37-42-34(24-47-37)29-15-17-30(40)18-16-29/h7-18,22,24-25,33,41H,5-6,19-21,23H2,1-4H3. The third kappa shape index (κ3) is 6.84. The van der Waals surface area contributed by atoms with E-state index in [-0.39, 0.29) is 23.4 Å². The van der Waals surface area contributed by atoms with Gasteiger partial charge in [-0.15, -0.1) is 11.3 Å². The molecule has 242 valence electrons. The zero-order valence-corrected chi connectivity index (χ0v) is 29.0. The number of rotatable bonds is 9. The van der Waals surface area contributed by atoms with E-state index in [1.807, 2.05) is 63.4 Å². The molecule has 1 saturated heterocycles. The third-order valence-corrected chi connectivity index (χ3v) is 9.99. The summed E-state index contributed by atoms with van der Waals surface area (Å²) in [6.45, 7) is 10.3. The minimum atomic E-state index is -0.146. The highest BCUT2D eigenvalue weighted by Gasteiger charge is 2.30. The summed E-state index contributed by atoms with van der Waals surface area (Å²) in [5.41, 5.74) is 7.52. The Balaban J connectivity index is 1.56. The molecule has 3 aromatic carbocycles. The summed E-state index contributed by atoms with van der Waals surface area (Å²) >= 11 is 7.57. The van der Waals surface area contributed by atoms with Crippen LogP contribution in [0.5, 0.6) is 0 Å². The summed E-state index contributed by atoms with van der Waals surface area (Å²) in [5.74, 6) is 0.160. The van der Waals surface area contributed by atoms with Crippen LogP contribution in [-0.4, -0.2) is 40.0 Å². The van der Waals surface area contributed by atoms with Crippen molar-refractivity contribution in [2.45, 2.75) is 53.0 Å². The second-order valence-electron chi connectivity index (χ2n) is 12.5. The lowest BCUT2D eigenvalue weighted by atomic mass is 9.96. The molecule has 8 heteroatoms. The van der Waals surface area contributed by atoms with Gasteiger partial charge in [-0.25, -0.2) is 4.98 Å². The van der Waals surface area contributed by atoms with Crippen LogP contribution in [0.3, 0.4) is 0 Å². The summed E-state index contributed by atoms with van der Waals surface area (Å²) in [6, 6.07) is 25.9. The van der Waals surface area contributed by atoms with Crippen LogP contribution < -0.4 is 10.9 Å². The van der Waals surface area contributed by atoms with Gasteiger partial charge in [-0.2, -0.15) is 0 Å². The number of aryl methyl sites for hydroxylation is 2. The van der Waals surface area contributed by atoms with E-state index in [0.717, 1.165) is 52.2 Å². The first kappa shape index (κ1) is 32.9. The Labute approximate surface area is 286 Å². The van der Waals surface area contributed by atoms with E-state index in [2.05, 4.69) is 63.3 Å². The molecule has 6 nitrogen and oxygen atoms in total. The molecule has 1 aliphatic heterocycles. The van der Waals surface area contributed by atoms with Gasteiger partial charge < -0.3 is 10.2 Å². The first-order valence-corrected chi connectivity index (χ1v) is 17.7. The Hall–Kier alpha value is -4.04. The van der Waals surface area contributed by atoms with Crippen molar-refractivity contribution in [3.8, 4) is 27.5 Å². The largest absolute Gasteiger partial charge is 0.335 e. The molecule has 1 N–H and O–H groups in total. The molecule has 5 aromatic rings. The van der Waals surface area contributed by atoms with Gasteiger partial charge in [-0.05, 0) is 60.1 Å². The van der Waals surface area contributed by atoms with E-state index in [1.165, 1.54) is 11.3 Å². The lowest BCUT2D eigenvalue weighted by Crippen LogP contribution is -2.48. The molecule has 1 atom stereocenters. The first-order chi connectivity index (χ1) is 22.8. The van der Waals surface area contributed by atoms with Crippen molar-refractivity contribution in [3.05, 3.63) is 128 Å². The highest BCUT2D eigenvalue weighted by Crippen LogP contribution is 2.32. The van der Waals surface area contributed by atoms with Gasteiger partial charge in [0.1, 0.15) is 5.01 Å². The second kappa shape index (κ2) is 14.4. The first-order valence-electron chi connectivity index (χ1n) is 16.5. The summed E-state index contributed by atoms with van der Waals surface area (Å²) < 4.78 is 1.86. The van der Waals surface area contributed by atoms with Crippen molar-refractivity contribution in [3.63, 3.8) is 0 Å². The third-order valence-electron chi connectivity index (χ3n) is 8.86. The number of nitrogens with zero attached hydrogens (tertiary/aromatic N) is 3. The van der Waals surface area contributed by atoms with E-state index in [9.17, 15) is 9.59 Å². The number of halogens is 1. The molecule has 1 fully saturated rings. The average molecular weight is 665 g/mol. The quantitative estimate of drug-likeness (QED) is 0.172. The summed E-state index contributed by atoms with van der Waals surface area (Å²) in [5, 5.41) is 6.79. The minimum absolute atomic E-state index is 0.0289. The Bertz CT molecular complexity index is 1910. The molecule has 1 amide bonds. The smallest absolute Gasteiger partial charge is 0.265 e. The van der Waals surface area contributed by atoms with Gasteiger partial charge >= 0.3 is 0 Å². The van der Waals surface area contributed by atoms with E-state index < -0.39 is 0 Å². The van der Waals surface area contributed by atoms with Crippen LogP contribution in [0.1, 0.15) is 66.5 Å². The lowest BCUT2D eigenvalue weighted by Gasteiger charge is -2.35. The second-order valence-corrected chi connectivity index (χ2v) is 13.8. The van der Waals surface area contributed by atoms with Gasteiger partial charge in [0.05, 0.1) is 22.5 Å². The number of aromatic nitrogens is 2. The summed E-state index contributed by atoms with van der Waals surface area (Å²) in [4.78, 5) is 36.5. The van der Waals surface area contributed by atoms with Crippen LogP contribution in [0.15, 0.2) is 89.0 Å². The van der Waals surface area contributed by atoms with Crippen molar-refractivity contribution in [2.75, 3.05) is 19.6 Å². The molecule has 0 aliphatic carbocycles. The monoisotopic (exact) mass is 664 g/mol. The molecule has 1 aliphatic rings. The van der Waals surface area contributed by atoms with Crippen LogP contribution in [0.2, 0.25) is 5.02 Å². The number of nitrogens with one attached hydrogen (secondary N) is 1. The number of hydrogen-bond acceptors (Lipinski definition) is 5. The number of benzene rings is 3. The van der Waals surface area contributed by atoms with Crippen molar-refractivity contribution >= 4 is 28.8 Å². The Morgan fingerprint density at radius 1 is 1.00 bits per heavy atom. The number of amides is 1. The molecule has 0 bridgehead atoms. The van der Waals surface area contributed by atoms with Gasteiger partial charge in [-0.3, -0.25) is 14.2 Å². The number of carbonyl (C=O) groups excluding carboxylic acids is 1. The Kier molecular flexibility index (Phi) is 10.1. The minimum Gasteiger partial charge on any atom is -0.335 e. The molecule has 0 radical (unpaired) electrons. The number of hydrogen-bond donors (Lipinski definition) is 1. The van der Waals surface area contributed by atoms with Gasteiger partial charge in [0, 0.05) is 47.3 Å². The predicted octanol–water partition coefficient (Wildman–Crippen LogP) is 8.39. The van der Waals surface area contributed by atoms with Crippen LogP contribution >= 0.6 is 22.9 Å². The van der Waals surface area contributed by atoms with Crippen LogP contribution in [0, 0.1) is 5.92 Å². The zero-order valence-electron chi connectivity index (χ0n) is 27.4. The highest BCUT2D eigenvalue weighted by molar-refractivity contribution is 7.13. The molecule has 0 spiro atoms. The molecule has 47 heavy (non-hydrogen) atoms. The highest BCUT2D eigenvalue weighted by atomic mass is 35.5. The number of thiazole rings is 1. The molecule has 2 aromatic heterocycles. The van der Waals surface area contributed by atoms with E-state index in [1.54, 1.807) is 0 Å². The van der Waals surface area contributed by atoms with Crippen LogP contribution in [0.4, 0.5) is 0 Å². The van der Waals surface area contributed by atoms with Gasteiger partial charge in [0.25, 0.3) is 11.5 Å². The van der Waals surface area contributed by atoms with Crippen molar-refractivity contribution in [2.24, 2.45) is 5.92 Å². The van der Waals surface area contributed by atoms with Gasteiger partial charge in [-0.1, -0.05) is 100.0 Å². The maximum Gasteiger partial charge on any atom is 0.265 e. The van der Waals surface area contributed by atoms with Gasteiger partial charge in [0.2, 0.25) is 0 Å². The molecule has 1 unspecified atom stereocenters. The van der Waals surface area contributed by atoms with Crippen molar-refractivity contribution in [1.82, 2.24) is 19.8 Å². The van der Waals surface area contributed by atoms with Crippen molar-refractivity contribution < 1.29 is 4.79 Å². The number of pyridine rings is 1. The van der Waals surface area contributed by atoms with Gasteiger partial charge in [0.15, 0.2) is 0 Å². The fraction of sp³-hybridized carbons (Fsp3) is 0.308. The maximum atomic E-state index is 14.9. The zero-order chi connectivity index (χ0) is 33.1. The van der Waals surface area contributed by atoms with E-state index in [4.69, 9.17) is 16.6 Å². The topological polar surface area (TPSA) is 67.2 Å². The predicted molar refractivity (Wildman–Crippen MR) is 194 cm³/mol. The molecular formula is C39H41ClN4O2S. The molecular weight excluding hydrogens is 624 g/mol. The fourth-order valence-corrected chi connectivity index (χ4v) is 7.44. The Morgan fingerprint density at radius 2 is 1.70 bits per heavy atom. The van der Waals surface area contributed by atoms with E-state index >= 15 is 0 Å². The Morgan fingerprint density at radius 3 is 2.36 bits per heavy atom. The molecule has 0 saturated carbocycles. The average Bonchev–Trinajstić information content (AvgIpc) is 3.58.